The molecule has 0 radical (unpaired) electrons. The molecule has 0 fully saturated rings. The zero-order valence-corrected chi connectivity index (χ0v) is 6.08. The maximum absolute atomic E-state index is 10.0. The van der Waals surface area contributed by atoms with Crippen molar-refractivity contribution in [1.29, 1.82) is 0 Å². The van der Waals surface area contributed by atoms with Gasteiger partial charge in [0, 0.05) is 6.04 Å². The summed E-state index contributed by atoms with van der Waals surface area (Å²) >= 11 is 0. The maximum Gasteiger partial charge on any atom is 0.508 e. The minimum atomic E-state index is -2.25. The molecule has 54 valence electrons. The van der Waals surface area contributed by atoms with E-state index < -0.39 is 20.2 Å². The van der Waals surface area contributed by atoms with E-state index in [1.807, 2.05) is 0 Å². The summed E-state index contributed by atoms with van der Waals surface area (Å²) in [6.45, 7) is 1.59. The summed E-state index contributed by atoms with van der Waals surface area (Å²) in [5.41, 5.74) is 5.19. The molecule has 0 aliphatic carbocycles. The third-order valence-corrected chi connectivity index (χ3v) is 1.64. The minimum absolute atomic E-state index is 0.132. The molecular weight excluding hydrogens is 141 g/mol. The fourth-order valence-electron chi connectivity index (χ4n) is 0.326. The van der Waals surface area contributed by atoms with Gasteiger partial charge in [-0.15, -0.1) is 0 Å². The number of nitrogens with two attached hydrogens (primary N) is 1. The first-order chi connectivity index (χ1) is 4.04. The smallest absolute Gasteiger partial charge is 0.387 e. The van der Waals surface area contributed by atoms with Gasteiger partial charge in [-0.1, -0.05) is 0 Å². The van der Waals surface area contributed by atoms with E-state index in [4.69, 9.17) is 15.7 Å². The van der Waals surface area contributed by atoms with E-state index in [1.165, 1.54) is 0 Å². The Morgan fingerprint density at radius 1 is 1.78 bits per heavy atom. The normalized spacial score (nSPS) is 18.9. The molecule has 0 aliphatic rings. The molecule has 0 aromatic heterocycles. The molecule has 9 heavy (non-hydrogen) atoms. The van der Waals surface area contributed by atoms with Gasteiger partial charge in [0.2, 0.25) is 6.16 Å². The third-order valence-electron chi connectivity index (χ3n) is 0.950. The Balaban J connectivity index is 3.50. The van der Waals surface area contributed by atoms with Crippen molar-refractivity contribution < 1.29 is 14.6 Å². The van der Waals surface area contributed by atoms with Crippen LogP contribution in [0.4, 0.5) is 0 Å². The van der Waals surface area contributed by atoms with Gasteiger partial charge in [0.25, 0.3) is 0 Å². The molecule has 4 nitrogen and oxygen atoms in total. The van der Waals surface area contributed by atoms with E-state index in [-0.39, 0.29) is 6.16 Å². The highest BCUT2D eigenvalue weighted by Crippen LogP contribution is 2.14. The van der Waals surface area contributed by atoms with Crippen LogP contribution in [0, 0.1) is 0 Å². The first kappa shape index (κ1) is 8.98. The average Bonchev–Trinajstić information content (AvgIpc) is 1.63. The first-order valence-corrected chi connectivity index (χ1v) is 4.01. The first-order valence-electron chi connectivity index (χ1n) is 2.61. The molecule has 0 amide bonds. The monoisotopic (exact) mass is 152 g/mol. The van der Waals surface area contributed by atoms with Crippen LogP contribution in [0.15, 0.2) is 0 Å². The van der Waals surface area contributed by atoms with Crippen LogP contribution < -0.4 is 5.73 Å². The fraction of sp³-hybridized carbons (Fsp3) is 1.00. The van der Waals surface area contributed by atoms with Gasteiger partial charge in [-0.05, 0) is 11.5 Å². The quantitative estimate of drug-likeness (QED) is 0.473. The topological polar surface area (TPSA) is 83.5 Å². The highest BCUT2D eigenvalue weighted by atomic mass is 31.1. The standard InChI is InChI=1S/C4H10NO3P/c1-3(5)4(6)2-9(7)8/h3-4,6H,2,5H2,1H3/p+1/t3-,4?/m1/s1. The van der Waals surface area contributed by atoms with Gasteiger partial charge in [-0.25, -0.2) is 0 Å². The molecule has 5 heteroatoms. The summed E-state index contributed by atoms with van der Waals surface area (Å²) in [6.07, 6.45) is -0.994. The Kier molecular flexibility index (Phi) is 3.89. The number of hydrogen-bond donors (Lipinski definition) is 3. The second-order valence-electron chi connectivity index (χ2n) is 1.96. The van der Waals surface area contributed by atoms with Gasteiger partial charge in [0.15, 0.2) is 0 Å². The van der Waals surface area contributed by atoms with E-state index in [9.17, 15) is 4.57 Å². The molecule has 4 N–H and O–H groups in total. The van der Waals surface area contributed by atoms with Crippen molar-refractivity contribution in [3.8, 4) is 0 Å². The van der Waals surface area contributed by atoms with Crippen LogP contribution in [-0.2, 0) is 4.57 Å². The highest BCUT2D eigenvalue weighted by Gasteiger charge is 2.21. The molecule has 3 atom stereocenters. The van der Waals surface area contributed by atoms with E-state index >= 15 is 0 Å². The molecule has 2 unspecified atom stereocenters. The van der Waals surface area contributed by atoms with Gasteiger partial charge in [0.05, 0.1) is 0 Å². The van der Waals surface area contributed by atoms with Gasteiger partial charge < -0.3 is 10.8 Å². The Hall–Kier alpha value is -0.0200. The summed E-state index contributed by atoms with van der Waals surface area (Å²) in [5.74, 6) is 0. The summed E-state index contributed by atoms with van der Waals surface area (Å²) in [7, 11) is -2.25. The fourth-order valence-corrected chi connectivity index (χ4v) is 0.979. The summed E-state index contributed by atoms with van der Waals surface area (Å²) in [4.78, 5) is 8.27. The number of aliphatic hydroxyl groups is 1. The molecule has 0 saturated heterocycles. The third kappa shape index (κ3) is 4.48. The van der Waals surface area contributed by atoms with Crippen molar-refractivity contribution in [2.75, 3.05) is 6.16 Å². The summed E-state index contributed by atoms with van der Waals surface area (Å²) < 4.78 is 10.0. The lowest BCUT2D eigenvalue weighted by Crippen LogP contribution is -2.33. The average molecular weight is 152 g/mol. The number of aliphatic hydroxyl groups excluding tert-OH is 1. The zero-order valence-electron chi connectivity index (χ0n) is 5.19. The van der Waals surface area contributed by atoms with Gasteiger partial charge in [0.1, 0.15) is 6.10 Å². The van der Waals surface area contributed by atoms with Crippen LogP contribution >= 0.6 is 8.03 Å². The van der Waals surface area contributed by atoms with Crippen molar-refractivity contribution in [2.24, 2.45) is 5.73 Å². The van der Waals surface area contributed by atoms with Crippen molar-refractivity contribution in [3.63, 3.8) is 0 Å². The van der Waals surface area contributed by atoms with Crippen molar-refractivity contribution in [2.45, 2.75) is 19.1 Å². The zero-order chi connectivity index (χ0) is 7.44. The Labute approximate surface area is 54.6 Å². The molecule has 0 spiro atoms. The van der Waals surface area contributed by atoms with Crippen LogP contribution in [0.3, 0.4) is 0 Å². The lowest BCUT2D eigenvalue weighted by Gasteiger charge is -2.06. The Morgan fingerprint density at radius 3 is 2.33 bits per heavy atom. The molecule has 0 aromatic rings. The van der Waals surface area contributed by atoms with Crippen LogP contribution in [0.2, 0.25) is 0 Å². The van der Waals surface area contributed by atoms with Crippen LogP contribution in [0.1, 0.15) is 6.92 Å². The lowest BCUT2D eigenvalue weighted by atomic mass is 10.2. The number of hydrogen-bond acceptors (Lipinski definition) is 3. The summed E-state index contributed by atoms with van der Waals surface area (Å²) in [5, 5.41) is 8.83. The second-order valence-corrected chi connectivity index (χ2v) is 3.03. The van der Waals surface area contributed by atoms with Crippen LogP contribution in [0.25, 0.3) is 0 Å². The van der Waals surface area contributed by atoms with Crippen molar-refractivity contribution in [1.82, 2.24) is 0 Å². The molecule has 0 heterocycles. The van der Waals surface area contributed by atoms with E-state index in [2.05, 4.69) is 0 Å². The van der Waals surface area contributed by atoms with Gasteiger partial charge in [-0.2, -0.15) is 4.89 Å². The maximum atomic E-state index is 10.0. The van der Waals surface area contributed by atoms with E-state index in [0.29, 0.717) is 0 Å². The number of rotatable bonds is 3. The molecule has 0 rings (SSSR count). The van der Waals surface area contributed by atoms with Crippen LogP contribution in [0.5, 0.6) is 0 Å². The largest absolute Gasteiger partial charge is 0.508 e. The second kappa shape index (κ2) is 3.90. The molecule has 0 bridgehead atoms. The van der Waals surface area contributed by atoms with Crippen LogP contribution in [-0.4, -0.2) is 28.3 Å². The SMILES string of the molecule is C[C@@H](N)C(O)C[P+](=O)O. The molecule has 0 aliphatic heterocycles. The molecule has 0 aromatic carbocycles. The molecular formula is C4H11NO3P+. The van der Waals surface area contributed by atoms with Gasteiger partial charge >= 0.3 is 8.03 Å². The van der Waals surface area contributed by atoms with Crippen molar-refractivity contribution >= 4 is 8.03 Å². The predicted molar refractivity (Wildman–Crippen MR) is 34.3 cm³/mol. The molecule has 0 saturated carbocycles. The minimum Gasteiger partial charge on any atom is -0.387 e. The highest BCUT2D eigenvalue weighted by molar-refractivity contribution is 7.38. The summed E-state index contributed by atoms with van der Waals surface area (Å²) in [6, 6.07) is -0.434. The predicted octanol–water partition coefficient (Wildman–Crippen LogP) is -0.571. The lowest BCUT2D eigenvalue weighted by molar-refractivity contribution is 0.171. The van der Waals surface area contributed by atoms with Crippen molar-refractivity contribution in [3.05, 3.63) is 0 Å². The van der Waals surface area contributed by atoms with Gasteiger partial charge in [-0.3, -0.25) is 0 Å². The Morgan fingerprint density at radius 2 is 2.22 bits per heavy atom. The van der Waals surface area contributed by atoms with E-state index in [1.54, 1.807) is 6.92 Å². The Bertz CT molecular complexity index is 106. The van der Waals surface area contributed by atoms with E-state index in [0.717, 1.165) is 0 Å².